The highest BCUT2D eigenvalue weighted by atomic mass is 35.5. The van der Waals surface area contributed by atoms with Crippen molar-refractivity contribution in [2.45, 2.75) is 26.9 Å². The molecule has 0 bridgehead atoms. The van der Waals surface area contributed by atoms with Crippen molar-refractivity contribution in [1.82, 2.24) is 14.8 Å². The number of nitrogens with one attached hydrogen (secondary N) is 1. The Balaban J connectivity index is 1.50. The minimum Gasteiger partial charge on any atom is -0.456 e. The van der Waals surface area contributed by atoms with Gasteiger partial charge in [-0.2, -0.15) is 5.10 Å². The van der Waals surface area contributed by atoms with Crippen LogP contribution >= 0.6 is 22.9 Å². The van der Waals surface area contributed by atoms with E-state index in [0.717, 1.165) is 16.9 Å². The molecule has 0 aliphatic heterocycles. The summed E-state index contributed by atoms with van der Waals surface area (Å²) >= 11 is 7.48. The molecule has 9 heteroatoms. The van der Waals surface area contributed by atoms with Crippen molar-refractivity contribution in [2.75, 3.05) is 5.32 Å². The lowest BCUT2D eigenvalue weighted by molar-refractivity contribution is -0.139. The van der Waals surface area contributed by atoms with Gasteiger partial charge in [0.2, 0.25) is 5.91 Å². The van der Waals surface area contributed by atoms with Gasteiger partial charge in [0.05, 0.1) is 17.8 Å². The smallest absolute Gasteiger partial charge is 0.331 e. The number of thiazole rings is 1. The van der Waals surface area contributed by atoms with Crippen molar-refractivity contribution in [3.63, 3.8) is 0 Å². The molecule has 3 rings (SSSR count). The average molecular weight is 445 g/mol. The summed E-state index contributed by atoms with van der Waals surface area (Å²) in [7, 11) is 1.73. The third-order valence-corrected chi connectivity index (χ3v) is 5.62. The molecule has 156 valence electrons. The number of hydrogen-bond donors (Lipinski definition) is 1. The standard InChI is InChI=1S/C21H21ClN4O3S/c1-13-6-4-5-7-17(13)24-18(27)10-19-23-15(12-30-19)11-29-20(28)9-8-16-14(2)25-26(3)21(16)22/h4-9,12H,10-11H2,1-3H3,(H,24,27)/b9-8+. The van der Waals surface area contributed by atoms with Gasteiger partial charge in [-0.15, -0.1) is 11.3 Å². The number of nitrogens with zero attached hydrogens (tertiary/aromatic N) is 3. The second-order valence-corrected chi connectivity index (χ2v) is 7.93. The van der Waals surface area contributed by atoms with Crippen molar-refractivity contribution in [3.05, 3.63) is 68.4 Å². The van der Waals surface area contributed by atoms with E-state index in [1.807, 2.05) is 38.1 Å². The first-order valence-electron chi connectivity index (χ1n) is 9.16. The number of benzene rings is 1. The summed E-state index contributed by atoms with van der Waals surface area (Å²) in [5.41, 5.74) is 3.76. The summed E-state index contributed by atoms with van der Waals surface area (Å²) in [5.74, 6) is -0.657. The predicted molar refractivity (Wildman–Crippen MR) is 117 cm³/mol. The number of anilines is 1. The van der Waals surface area contributed by atoms with Crippen LogP contribution < -0.4 is 5.32 Å². The summed E-state index contributed by atoms with van der Waals surface area (Å²) < 4.78 is 6.75. The minimum absolute atomic E-state index is 0.0266. The van der Waals surface area contributed by atoms with Crippen LogP contribution in [0.2, 0.25) is 5.15 Å². The summed E-state index contributed by atoms with van der Waals surface area (Å²) in [6.07, 6.45) is 3.04. The van der Waals surface area contributed by atoms with Crippen LogP contribution in [-0.2, 0) is 34.4 Å². The average Bonchev–Trinajstić information content (AvgIpc) is 3.24. The molecule has 0 atom stereocenters. The highest BCUT2D eigenvalue weighted by Gasteiger charge is 2.11. The summed E-state index contributed by atoms with van der Waals surface area (Å²) in [4.78, 5) is 28.6. The molecule has 0 unspecified atom stereocenters. The predicted octanol–water partition coefficient (Wildman–Crippen LogP) is 4.08. The zero-order chi connectivity index (χ0) is 21.7. The van der Waals surface area contributed by atoms with E-state index in [2.05, 4.69) is 15.4 Å². The van der Waals surface area contributed by atoms with Gasteiger partial charge >= 0.3 is 5.97 Å². The van der Waals surface area contributed by atoms with E-state index in [4.69, 9.17) is 16.3 Å². The van der Waals surface area contributed by atoms with E-state index >= 15 is 0 Å². The maximum absolute atomic E-state index is 12.2. The number of aryl methyl sites for hydroxylation is 3. The molecular weight excluding hydrogens is 424 g/mol. The minimum atomic E-state index is -0.513. The fourth-order valence-electron chi connectivity index (χ4n) is 2.72. The molecular formula is C21H21ClN4O3S. The molecule has 2 heterocycles. The lowest BCUT2D eigenvalue weighted by Crippen LogP contribution is -2.15. The van der Waals surface area contributed by atoms with Crippen LogP contribution in [0, 0.1) is 13.8 Å². The van der Waals surface area contributed by atoms with Gasteiger partial charge in [-0.25, -0.2) is 9.78 Å². The first kappa shape index (κ1) is 21.7. The van der Waals surface area contributed by atoms with E-state index in [9.17, 15) is 9.59 Å². The van der Waals surface area contributed by atoms with Crippen molar-refractivity contribution >= 4 is 46.6 Å². The van der Waals surface area contributed by atoms with Crippen molar-refractivity contribution in [3.8, 4) is 0 Å². The fourth-order valence-corrected chi connectivity index (χ4v) is 3.74. The Kier molecular flexibility index (Phi) is 7.02. The Bertz CT molecular complexity index is 1100. The molecule has 0 saturated carbocycles. The molecule has 30 heavy (non-hydrogen) atoms. The highest BCUT2D eigenvalue weighted by Crippen LogP contribution is 2.20. The molecule has 7 nitrogen and oxygen atoms in total. The number of ether oxygens (including phenoxy) is 1. The Labute approximate surface area is 183 Å². The van der Waals surface area contributed by atoms with Crippen molar-refractivity contribution in [1.29, 1.82) is 0 Å². The van der Waals surface area contributed by atoms with Gasteiger partial charge in [-0.05, 0) is 31.6 Å². The number of halogens is 1. The molecule has 0 aliphatic carbocycles. The molecule has 0 saturated heterocycles. The van der Waals surface area contributed by atoms with Crippen LogP contribution in [0.5, 0.6) is 0 Å². The fraction of sp³-hybridized carbons (Fsp3) is 0.238. The number of carbonyl (C=O) groups excluding carboxylic acids is 2. The number of rotatable bonds is 7. The van der Waals surface area contributed by atoms with E-state index in [-0.39, 0.29) is 18.9 Å². The molecule has 0 aliphatic rings. The molecule has 1 amide bonds. The molecule has 1 aromatic carbocycles. The summed E-state index contributed by atoms with van der Waals surface area (Å²) in [5, 5.41) is 9.93. The maximum atomic E-state index is 12.2. The number of esters is 1. The van der Waals surface area contributed by atoms with Crippen molar-refractivity contribution in [2.24, 2.45) is 7.05 Å². The van der Waals surface area contributed by atoms with E-state index < -0.39 is 5.97 Å². The monoisotopic (exact) mass is 444 g/mol. The second-order valence-electron chi connectivity index (χ2n) is 6.63. The zero-order valence-electron chi connectivity index (χ0n) is 16.8. The van der Waals surface area contributed by atoms with Gasteiger partial charge in [-0.1, -0.05) is 29.8 Å². The van der Waals surface area contributed by atoms with Gasteiger partial charge in [0.1, 0.15) is 16.8 Å². The first-order chi connectivity index (χ1) is 14.3. The normalized spacial score (nSPS) is 11.1. The highest BCUT2D eigenvalue weighted by molar-refractivity contribution is 7.09. The van der Waals surface area contributed by atoms with E-state index in [1.165, 1.54) is 22.1 Å². The van der Waals surface area contributed by atoms with E-state index in [0.29, 0.717) is 21.4 Å². The molecule has 1 N–H and O–H groups in total. The molecule has 0 fully saturated rings. The maximum Gasteiger partial charge on any atom is 0.331 e. The molecule has 2 aromatic heterocycles. The zero-order valence-corrected chi connectivity index (χ0v) is 18.4. The summed E-state index contributed by atoms with van der Waals surface area (Å²) in [6, 6.07) is 7.58. The first-order valence-corrected chi connectivity index (χ1v) is 10.4. The quantitative estimate of drug-likeness (QED) is 0.438. The number of carbonyl (C=O) groups is 2. The molecule has 0 spiro atoms. The van der Waals surface area contributed by atoms with E-state index in [1.54, 1.807) is 18.5 Å². The third-order valence-electron chi connectivity index (χ3n) is 4.27. The topological polar surface area (TPSA) is 86.1 Å². The number of para-hydroxylation sites is 1. The lowest BCUT2D eigenvalue weighted by atomic mass is 10.2. The number of aromatic nitrogens is 3. The number of hydrogen-bond acceptors (Lipinski definition) is 6. The van der Waals surface area contributed by atoms with Crippen LogP contribution in [0.15, 0.2) is 35.7 Å². The van der Waals surface area contributed by atoms with Gasteiger partial charge < -0.3 is 10.1 Å². The largest absolute Gasteiger partial charge is 0.456 e. The Morgan fingerprint density at radius 2 is 2.07 bits per heavy atom. The Morgan fingerprint density at radius 1 is 1.30 bits per heavy atom. The Morgan fingerprint density at radius 3 is 2.77 bits per heavy atom. The third kappa shape index (κ3) is 5.55. The van der Waals surface area contributed by atoms with Gasteiger partial charge in [0, 0.05) is 29.8 Å². The van der Waals surface area contributed by atoms with Crippen LogP contribution in [0.4, 0.5) is 5.69 Å². The van der Waals surface area contributed by atoms with Crippen LogP contribution in [0.25, 0.3) is 6.08 Å². The van der Waals surface area contributed by atoms with Crippen LogP contribution in [-0.4, -0.2) is 26.6 Å². The summed E-state index contributed by atoms with van der Waals surface area (Å²) in [6.45, 7) is 3.77. The molecule has 3 aromatic rings. The second kappa shape index (κ2) is 9.69. The molecule has 0 radical (unpaired) electrons. The number of amides is 1. The SMILES string of the molecule is Cc1ccccc1NC(=O)Cc1nc(COC(=O)/C=C/c2c(C)nn(C)c2Cl)cs1. The van der Waals surface area contributed by atoms with Crippen molar-refractivity contribution < 1.29 is 14.3 Å². The Hall–Kier alpha value is -2.97. The lowest BCUT2D eigenvalue weighted by Gasteiger charge is -2.06. The van der Waals surface area contributed by atoms with Crippen LogP contribution in [0.3, 0.4) is 0 Å². The van der Waals surface area contributed by atoms with Crippen LogP contribution in [0.1, 0.15) is 27.5 Å². The van der Waals surface area contributed by atoms with Gasteiger partial charge in [0.25, 0.3) is 0 Å². The van der Waals surface area contributed by atoms with Gasteiger partial charge in [0.15, 0.2) is 0 Å². The van der Waals surface area contributed by atoms with Gasteiger partial charge in [-0.3, -0.25) is 9.48 Å².